The zero-order chi connectivity index (χ0) is 16.1. The van der Waals surface area contributed by atoms with Crippen LogP contribution in [0.15, 0.2) is 42.5 Å². The molecular weight excluding hydrogens is 272 g/mol. The fourth-order valence-electron chi connectivity index (χ4n) is 2.54. The summed E-state index contributed by atoms with van der Waals surface area (Å²) in [6.45, 7) is 2.05. The summed E-state index contributed by atoms with van der Waals surface area (Å²) in [6, 6.07) is 16.7. The molecule has 22 heavy (non-hydrogen) atoms. The number of anilines is 1. The van der Waals surface area contributed by atoms with Crippen LogP contribution in [0.1, 0.15) is 22.6 Å². The lowest BCUT2D eigenvalue weighted by atomic mass is 9.92. The summed E-state index contributed by atoms with van der Waals surface area (Å²) in [4.78, 5) is 2.05. The van der Waals surface area contributed by atoms with Crippen molar-refractivity contribution in [3.8, 4) is 11.8 Å². The zero-order valence-corrected chi connectivity index (χ0v) is 13.6. The Bertz CT molecular complexity index is 686. The van der Waals surface area contributed by atoms with E-state index < -0.39 is 0 Å². The van der Waals surface area contributed by atoms with Gasteiger partial charge >= 0.3 is 0 Å². The highest BCUT2D eigenvalue weighted by Crippen LogP contribution is 2.28. The molecule has 114 valence electrons. The van der Waals surface area contributed by atoms with E-state index in [1.165, 1.54) is 5.56 Å². The predicted octanol–water partition coefficient (Wildman–Crippen LogP) is 3.92. The number of rotatable bonds is 5. The smallest absolute Gasteiger partial charge is 0.122 e. The molecule has 0 aromatic heterocycles. The maximum atomic E-state index is 9.60. The summed E-state index contributed by atoms with van der Waals surface area (Å²) >= 11 is 0. The third-order valence-electron chi connectivity index (χ3n) is 3.80. The van der Waals surface area contributed by atoms with Gasteiger partial charge in [0.15, 0.2) is 0 Å². The van der Waals surface area contributed by atoms with Crippen molar-refractivity contribution in [1.29, 1.82) is 5.26 Å². The Morgan fingerprint density at radius 2 is 1.95 bits per heavy atom. The molecule has 0 fully saturated rings. The lowest BCUT2D eigenvalue weighted by molar-refractivity contribution is 0.409. The van der Waals surface area contributed by atoms with Crippen LogP contribution in [0.25, 0.3) is 0 Å². The molecule has 0 heterocycles. The summed E-state index contributed by atoms with van der Waals surface area (Å²) in [5.41, 5.74) is 4.39. The van der Waals surface area contributed by atoms with Gasteiger partial charge in [0, 0.05) is 19.8 Å². The van der Waals surface area contributed by atoms with Gasteiger partial charge in [-0.25, -0.2) is 0 Å². The van der Waals surface area contributed by atoms with Crippen LogP contribution in [-0.2, 0) is 6.42 Å². The molecule has 1 unspecified atom stereocenters. The number of nitrogens with zero attached hydrogens (tertiary/aromatic N) is 2. The third kappa shape index (κ3) is 3.59. The summed E-state index contributed by atoms with van der Waals surface area (Å²) in [5, 5.41) is 9.60. The van der Waals surface area contributed by atoms with Crippen molar-refractivity contribution in [2.24, 2.45) is 0 Å². The van der Waals surface area contributed by atoms with Gasteiger partial charge in [-0.1, -0.05) is 29.8 Å². The Hall–Kier alpha value is -2.47. The topological polar surface area (TPSA) is 36.3 Å². The lowest BCUT2D eigenvalue weighted by Gasteiger charge is -2.17. The molecule has 1 atom stereocenters. The van der Waals surface area contributed by atoms with Crippen LogP contribution < -0.4 is 9.64 Å². The Balaban J connectivity index is 2.32. The van der Waals surface area contributed by atoms with E-state index in [-0.39, 0.29) is 5.92 Å². The highest BCUT2D eigenvalue weighted by atomic mass is 16.5. The number of hydrogen-bond acceptors (Lipinski definition) is 3. The van der Waals surface area contributed by atoms with Crippen LogP contribution in [0.5, 0.6) is 5.75 Å². The van der Waals surface area contributed by atoms with Crippen molar-refractivity contribution in [2.45, 2.75) is 19.3 Å². The molecule has 2 aromatic rings. The van der Waals surface area contributed by atoms with Crippen LogP contribution in [0.4, 0.5) is 5.69 Å². The van der Waals surface area contributed by atoms with Gasteiger partial charge in [0.2, 0.25) is 0 Å². The standard InChI is InChI=1S/C19H22N2O/c1-14-8-9-19(22-4)16(10-14)11-17(13-20)15-6-5-7-18(12-15)21(2)3/h5-10,12,17H,11H2,1-4H3. The summed E-state index contributed by atoms with van der Waals surface area (Å²) in [5.74, 6) is 0.658. The van der Waals surface area contributed by atoms with E-state index in [4.69, 9.17) is 4.74 Å². The summed E-state index contributed by atoms with van der Waals surface area (Å²) in [7, 11) is 5.68. The highest BCUT2D eigenvalue weighted by Gasteiger charge is 2.15. The normalized spacial score (nSPS) is 11.6. The number of benzene rings is 2. The Kier molecular flexibility index (Phi) is 5.06. The molecule has 0 aliphatic carbocycles. The number of ether oxygens (including phenoxy) is 1. The first-order valence-corrected chi connectivity index (χ1v) is 7.35. The van der Waals surface area contributed by atoms with Gasteiger partial charge in [0.25, 0.3) is 0 Å². The van der Waals surface area contributed by atoms with Crippen LogP contribution >= 0.6 is 0 Å². The van der Waals surface area contributed by atoms with Crippen molar-refractivity contribution in [2.75, 3.05) is 26.1 Å². The van der Waals surface area contributed by atoms with Gasteiger partial charge < -0.3 is 9.64 Å². The van der Waals surface area contributed by atoms with E-state index >= 15 is 0 Å². The second kappa shape index (κ2) is 7.00. The monoisotopic (exact) mass is 294 g/mol. The van der Waals surface area contributed by atoms with E-state index in [0.717, 1.165) is 22.6 Å². The lowest BCUT2D eigenvalue weighted by Crippen LogP contribution is -2.10. The third-order valence-corrected chi connectivity index (χ3v) is 3.80. The Morgan fingerprint density at radius 3 is 2.59 bits per heavy atom. The Labute approximate surface area is 132 Å². The molecule has 0 spiro atoms. The molecular formula is C19H22N2O. The van der Waals surface area contributed by atoms with Gasteiger partial charge in [0.05, 0.1) is 19.1 Å². The van der Waals surface area contributed by atoms with Gasteiger partial charge in [-0.05, 0) is 42.7 Å². The molecule has 2 aromatic carbocycles. The molecule has 0 aliphatic heterocycles. The van der Waals surface area contributed by atoms with Crippen LogP contribution in [0.2, 0.25) is 0 Å². The van der Waals surface area contributed by atoms with Crippen molar-refractivity contribution in [3.63, 3.8) is 0 Å². The van der Waals surface area contributed by atoms with Crippen LogP contribution in [0.3, 0.4) is 0 Å². The van der Waals surface area contributed by atoms with Crippen molar-refractivity contribution in [1.82, 2.24) is 0 Å². The number of hydrogen-bond donors (Lipinski definition) is 0. The minimum atomic E-state index is -0.185. The summed E-state index contributed by atoms with van der Waals surface area (Å²) in [6.07, 6.45) is 0.651. The second-order valence-corrected chi connectivity index (χ2v) is 5.69. The SMILES string of the molecule is COc1ccc(C)cc1CC(C#N)c1cccc(N(C)C)c1. The van der Waals surface area contributed by atoms with E-state index in [1.54, 1.807) is 7.11 Å². The molecule has 0 aliphatic rings. The average Bonchev–Trinajstić information content (AvgIpc) is 2.52. The van der Waals surface area contributed by atoms with Crippen molar-refractivity contribution < 1.29 is 4.74 Å². The minimum absolute atomic E-state index is 0.185. The molecule has 0 N–H and O–H groups in total. The van der Waals surface area contributed by atoms with Gasteiger partial charge in [-0.15, -0.1) is 0 Å². The van der Waals surface area contributed by atoms with Crippen LogP contribution in [-0.4, -0.2) is 21.2 Å². The number of nitriles is 1. The predicted molar refractivity (Wildman–Crippen MR) is 90.6 cm³/mol. The van der Waals surface area contributed by atoms with E-state index in [9.17, 15) is 5.26 Å². The van der Waals surface area contributed by atoms with E-state index in [0.29, 0.717) is 6.42 Å². The van der Waals surface area contributed by atoms with E-state index in [1.807, 2.05) is 49.3 Å². The van der Waals surface area contributed by atoms with E-state index in [2.05, 4.69) is 25.1 Å². The molecule has 0 saturated heterocycles. The zero-order valence-electron chi connectivity index (χ0n) is 13.6. The fraction of sp³-hybridized carbons (Fsp3) is 0.316. The molecule has 0 saturated carbocycles. The molecule has 3 nitrogen and oxygen atoms in total. The van der Waals surface area contributed by atoms with Crippen molar-refractivity contribution >= 4 is 5.69 Å². The first-order chi connectivity index (χ1) is 10.5. The largest absolute Gasteiger partial charge is 0.496 e. The molecule has 2 rings (SSSR count). The van der Waals surface area contributed by atoms with Gasteiger partial charge in [0.1, 0.15) is 5.75 Å². The fourth-order valence-corrected chi connectivity index (χ4v) is 2.54. The van der Waals surface area contributed by atoms with Gasteiger partial charge in [-0.3, -0.25) is 0 Å². The second-order valence-electron chi connectivity index (χ2n) is 5.69. The Morgan fingerprint density at radius 1 is 1.18 bits per heavy atom. The first kappa shape index (κ1) is 15.9. The maximum absolute atomic E-state index is 9.60. The van der Waals surface area contributed by atoms with Gasteiger partial charge in [-0.2, -0.15) is 5.26 Å². The number of aryl methyl sites for hydroxylation is 1. The number of methoxy groups -OCH3 is 1. The molecule has 0 amide bonds. The quantitative estimate of drug-likeness (QED) is 0.838. The maximum Gasteiger partial charge on any atom is 0.122 e. The average molecular weight is 294 g/mol. The first-order valence-electron chi connectivity index (χ1n) is 7.35. The molecule has 0 radical (unpaired) electrons. The van der Waals surface area contributed by atoms with Crippen molar-refractivity contribution in [3.05, 3.63) is 59.2 Å². The summed E-state index contributed by atoms with van der Waals surface area (Å²) < 4.78 is 5.43. The minimum Gasteiger partial charge on any atom is -0.496 e. The molecule has 3 heteroatoms. The molecule has 0 bridgehead atoms. The van der Waals surface area contributed by atoms with Crippen LogP contribution in [0, 0.1) is 18.3 Å². The highest BCUT2D eigenvalue weighted by molar-refractivity contribution is 5.49.